The number of esters is 1. The summed E-state index contributed by atoms with van der Waals surface area (Å²) < 4.78 is 41.7. The number of rotatable bonds is 36. The third kappa shape index (κ3) is 28.4. The molecule has 0 spiro atoms. The van der Waals surface area contributed by atoms with Gasteiger partial charge in [0.2, 0.25) is 0 Å². The zero-order valence-electron chi connectivity index (χ0n) is 41.5. The van der Waals surface area contributed by atoms with E-state index in [4.69, 9.17) is 48.5 Å². The Bertz CT molecular complexity index is 1710. The molecule has 22 heteroatoms. The fourth-order valence-corrected chi connectivity index (χ4v) is 6.17. The molecule has 1 aliphatic rings. The zero-order valence-corrected chi connectivity index (χ0v) is 41.5. The average molecular weight is 993 g/mol. The monoisotopic (exact) mass is 993 g/mol. The number of fused-ring (bicyclic) bond motifs is 3. The zero-order chi connectivity index (χ0) is 51.6. The van der Waals surface area contributed by atoms with Crippen molar-refractivity contribution in [1.82, 2.24) is 25.9 Å². The highest BCUT2D eigenvalue weighted by molar-refractivity contribution is 5.87. The highest BCUT2D eigenvalue weighted by Gasteiger charge is 2.30. The number of nitrogens with two attached hydrogens (primary N) is 1. The van der Waals surface area contributed by atoms with E-state index in [9.17, 15) is 33.6 Å². The molecule has 70 heavy (non-hydrogen) atoms. The summed E-state index contributed by atoms with van der Waals surface area (Å²) in [6, 6.07) is 10.5. The Hall–Kier alpha value is -5.27. The van der Waals surface area contributed by atoms with Gasteiger partial charge in [0.15, 0.2) is 0 Å². The van der Waals surface area contributed by atoms with Crippen molar-refractivity contribution in [2.75, 3.05) is 152 Å². The predicted octanol–water partition coefficient (Wildman–Crippen LogP) is 1.75. The first-order chi connectivity index (χ1) is 34.0. The molecule has 3 amide bonds. The fourth-order valence-electron chi connectivity index (χ4n) is 6.17. The van der Waals surface area contributed by atoms with Gasteiger partial charge in [-0.25, -0.2) is 9.59 Å². The maximum absolute atomic E-state index is 12.6. The van der Waals surface area contributed by atoms with Crippen LogP contribution in [-0.2, 0) is 61.9 Å². The van der Waals surface area contributed by atoms with Crippen LogP contribution in [0.25, 0.3) is 11.1 Å². The van der Waals surface area contributed by atoms with E-state index >= 15 is 0 Å². The summed E-state index contributed by atoms with van der Waals surface area (Å²) in [6.07, 6.45) is 1.30. The number of amides is 3. The summed E-state index contributed by atoms with van der Waals surface area (Å²) in [4.78, 5) is 88.3. The molecule has 2 aromatic carbocycles. The molecular weight excluding hydrogens is 917 g/mol. The maximum Gasteiger partial charge on any atom is 0.407 e. The predicted molar refractivity (Wildman–Crippen MR) is 258 cm³/mol. The molecular formula is C48H76N6O16. The number of aldehydes is 2. The Morgan fingerprint density at radius 3 is 1.63 bits per heavy atom. The van der Waals surface area contributed by atoms with Crippen LogP contribution in [0.2, 0.25) is 0 Å². The molecule has 0 saturated carbocycles. The van der Waals surface area contributed by atoms with Gasteiger partial charge in [-0.15, -0.1) is 5.06 Å². The molecule has 0 saturated heterocycles. The van der Waals surface area contributed by atoms with Crippen molar-refractivity contribution in [1.29, 1.82) is 0 Å². The lowest BCUT2D eigenvalue weighted by atomic mass is 9.96. The maximum atomic E-state index is 12.6. The number of ether oxygens (including phenoxy) is 8. The van der Waals surface area contributed by atoms with Crippen LogP contribution in [0.5, 0.6) is 0 Å². The third-order valence-electron chi connectivity index (χ3n) is 9.56. The van der Waals surface area contributed by atoms with E-state index in [-0.39, 0.29) is 52.2 Å². The standard InChI is InChI=1S/C30H33N3O10.C9H22N2O3.C9H21NO3/c1-3-4-28(38)33(19-36)43-29(39)15-32(11-12-41-20(2)37)10-9-31-30(40)42-18-27-25-13-21(16-34)5-7-23(25)24-8-6-22(17-35)14-26(24)27;1-11-3-5-13-7-9-14-8-6-12-4-2-10;1-3-11-6-7-13-9-8-12-5-4-10-2/h5-8,13-14,16-17,19,27H,3-4,9-12,15,18H2,1-2H3,(H,31,40);11H,2-10H2,1H3;10H,3-9H2,1-2H3. The molecule has 0 heterocycles. The molecule has 0 radical (unpaired) electrons. The molecule has 2 aromatic rings. The van der Waals surface area contributed by atoms with Crippen LogP contribution in [0.1, 0.15) is 71.4 Å². The van der Waals surface area contributed by atoms with E-state index < -0.39 is 29.9 Å². The third-order valence-corrected chi connectivity index (χ3v) is 9.56. The van der Waals surface area contributed by atoms with E-state index in [1.165, 1.54) is 11.8 Å². The van der Waals surface area contributed by atoms with E-state index in [1.807, 2.05) is 33.2 Å². The van der Waals surface area contributed by atoms with Crippen molar-refractivity contribution < 1.29 is 76.3 Å². The van der Waals surface area contributed by atoms with Crippen molar-refractivity contribution in [3.05, 3.63) is 58.7 Å². The Morgan fingerprint density at radius 1 is 0.657 bits per heavy atom. The largest absolute Gasteiger partial charge is 0.465 e. The number of alkyl carbamates (subject to hydrolysis) is 1. The Kier molecular flexibility index (Phi) is 37.2. The second-order valence-electron chi connectivity index (χ2n) is 14.9. The highest BCUT2D eigenvalue weighted by Crippen LogP contribution is 2.45. The summed E-state index contributed by atoms with van der Waals surface area (Å²) in [5, 5.41) is 8.92. The van der Waals surface area contributed by atoms with Gasteiger partial charge in [-0.1, -0.05) is 31.2 Å². The highest BCUT2D eigenvalue weighted by atomic mass is 16.7. The summed E-state index contributed by atoms with van der Waals surface area (Å²) in [6.45, 7) is 14.9. The number of nitrogens with one attached hydrogen (secondary N) is 3. The number of imide groups is 1. The van der Waals surface area contributed by atoms with Gasteiger partial charge >= 0.3 is 18.0 Å². The van der Waals surface area contributed by atoms with Gasteiger partial charge in [0.25, 0.3) is 12.3 Å². The van der Waals surface area contributed by atoms with Gasteiger partial charge in [-0.05, 0) is 61.8 Å². The number of carbonyl (C=O) groups is 7. The van der Waals surface area contributed by atoms with Crippen LogP contribution in [0.15, 0.2) is 36.4 Å². The second-order valence-corrected chi connectivity index (χ2v) is 14.9. The number of carbonyl (C=O) groups excluding carboxylic acids is 7. The number of likely N-dealkylation sites (N-methyl/N-ethyl adjacent to an activating group) is 2. The SMILES string of the molecule is CCCC(=O)N(C=O)OC(=O)CN(CCNC(=O)OCC1c2cc(C=O)ccc2-c2ccc(C=O)cc21)CCOC(C)=O.CCOCCOCCOCCNC.CNCCOCCOCCOCCN. The summed E-state index contributed by atoms with van der Waals surface area (Å²) in [5.41, 5.74) is 9.54. The van der Waals surface area contributed by atoms with Crippen LogP contribution in [0.3, 0.4) is 0 Å². The minimum Gasteiger partial charge on any atom is -0.465 e. The minimum atomic E-state index is -0.898. The van der Waals surface area contributed by atoms with Gasteiger partial charge in [0.1, 0.15) is 25.8 Å². The van der Waals surface area contributed by atoms with Crippen molar-refractivity contribution in [3.63, 3.8) is 0 Å². The van der Waals surface area contributed by atoms with E-state index in [0.29, 0.717) is 88.6 Å². The second kappa shape index (κ2) is 41.5. The van der Waals surface area contributed by atoms with Gasteiger partial charge in [-0.3, -0.25) is 28.9 Å². The van der Waals surface area contributed by atoms with Gasteiger partial charge in [0.05, 0.1) is 79.2 Å². The Labute approximate surface area is 411 Å². The summed E-state index contributed by atoms with van der Waals surface area (Å²) in [7, 11) is 3.80. The molecule has 0 unspecified atom stereocenters. The van der Waals surface area contributed by atoms with Gasteiger partial charge in [0, 0.05) is 76.3 Å². The van der Waals surface area contributed by atoms with E-state index in [0.717, 1.165) is 67.7 Å². The molecule has 0 aliphatic heterocycles. The van der Waals surface area contributed by atoms with E-state index in [1.54, 1.807) is 31.2 Å². The van der Waals surface area contributed by atoms with Gasteiger partial charge < -0.3 is 64.4 Å². The van der Waals surface area contributed by atoms with Crippen LogP contribution in [0, 0.1) is 0 Å². The smallest absolute Gasteiger partial charge is 0.407 e. The molecule has 5 N–H and O–H groups in total. The van der Waals surface area contributed by atoms with Crippen molar-refractivity contribution in [2.24, 2.45) is 5.73 Å². The first kappa shape index (κ1) is 62.7. The number of nitrogens with zero attached hydrogens (tertiary/aromatic N) is 2. The minimum absolute atomic E-state index is 0.0166. The molecule has 394 valence electrons. The number of benzene rings is 2. The lowest BCUT2D eigenvalue weighted by molar-refractivity contribution is -0.197. The van der Waals surface area contributed by atoms with Crippen LogP contribution < -0.4 is 21.7 Å². The summed E-state index contributed by atoms with van der Waals surface area (Å²) in [5.74, 6) is -2.48. The fraction of sp³-hybridized carbons (Fsp3) is 0.604. The van der Waals surface area contributed by atoms with Crippen molar-refractivity contribution in [3.8, 4) is 11.1 Å². The lowest BCUT2D eigenvalue weighted by Gasteiger charge is -2.22. The van der Waals surface area contributed by atoms with Crippen LogP contribution in [0.4, 0.5) is 4.79 Å². The number of hydrogen-bond acceptors (Lipinski definition) is 20. The van der Waals surface area contributed by atoms with Crippen molar-refractivity contribution >= 4 is 42.9 Å². The topological polar surface area (TPSA) is 271 Å². The van der Waals surface area contributed by atoms with Gasteiger partial charge in [-0.2, -0.15) is 0 Å². The van der Waals surface area contributed by atoms with E-state index in [2.05, 4.69) is 16.0 Å². The molecule has 0 aromatic heterocycles. The normalized spacial score (nSPS) is 11.2. The lowest BCUT2D eigenvalue weighted by Crippen LogP contribution is -2.42. The first-order valence-corrected chi connectivity index (χ1v) is 23.4. The summed E-state index contributed by atoms with van der Waals surface area (Å²) >= 11 is 0. The Morgan fingerprint density at radius 2 is 1.17 bits per heavy atom. The van der Waals surface area contributed by atoms with Crippen molar-refractivity contribution in [2.45, 2.75) is 39.5 Å². The number of hydroxylamine groups is 2. The Balaban J connectivity index is 0.000000738. The molecule has 0 atom stereocenters. The molecule has 0 fully saturated rings. The van der Waals surface area contributed by atoms with Crippen LogP contribution in [-0.4, -0.2) is 205 Å². The molecule has 3 rings (SSSR count). The molecule has 22 nitrogen and oxygen atoms in total. The number of hydrogen-bond donors (Lipinski definition) is 4. The molecule has 0 bridgehead atoms. The van der Waals surface area contributed by atoms with Crippen LogP contribution >= 0.6 is 0 Å². The first-order valence-electron chi connectivity index (χ1n) is 23.4. The quantitative estimate of drug-likeness (QED) is 0.0328. The molecule has 1 aliphatic carbocycles. The average Bonchev–Trinajstić information content (AvgIpc) is 3.66.